The maximum absolute atomic E-state index is 12.6. The average molecular weight is 328 g/mol. The van der Waals surface area contributed by atoms with E-state index >= 15 is 0 Å². The van der Waals surface area contributed by atoms with Crippen LogP contribution in [0.3, 0.4) is 0 Å². The van der Waals surface area contributed by atoms with Crippen molar-refractivity contribution in [3.05, 3.63) is 28.8 Å². The number of thiocarbonyl (C=S) groups is 1. The van der Waals surface area contributed by atoms with E-state index in [0.29, 0.717) is 0 Å². The predicted octanol–water partition coefficient (Wildman–Crippen LogP) is 1.60. The van der Waals surface area contributed by atoms with Crippen LogP contribution in [0.1, 0.15) is 5.56 Å². The molecule has 0 bridgehead atoms. The molecule has 1 aromatic carbocycles. The van der Waals surface area contributed by atoms with E-state index in [1.807, 2.05) is 0 Å². The first-order valence-corrected chi connectivity index (χ1v) is 5.83. The lowest BCUT2D eigenvalue weighted by Gasteiger charge is -2.13. The van der Waals surface area contributed by atoms with Crippen molar-refractivity contribution in [2.45, 2.75) is 6.18 Å². The van der Waals surface area contributed by atoms with Crippen molar-refractivity contribution in [1.82, 2.24) is 10.9 Å². The van der Waals surface area contributed by atoms with E-state index in [-0.39, 0.29) is 10.9 Å². The zero-order valence-electron chi connectivity index (χ0n) is 9.75. The molecule has 0 saturated heterocycles. The third-order valence-electron chi connectivity index (χ3n) is 1.95. The van der Waals surface area contributed by atoms with Crippen LogP contribution >= 0.6 is 23.8 Å². The molecule has 1 aromatic rings. The summed E-state index contributed by atoms with van der Waals surface area (Å²) in [5.41, 5.74) is 8.24. The van der Waals surface area contributed by atoms with E-state index in [4.69, 9.17) is 22.1 Å². The lowest BCUT2D eigenvalue weighted by Crippen LogP contribution is -2.46. The number of benzene rings is 1. The van der Waals surface area contributed by atoms with Crippen LogP contribution in [-0.4, -0.2) is 17.6 Å². The van der Waals surface area contributed by atoms with Crippen LogP contribution in [0.15, 0.2) is 18.2 Å². The monoisotopic (exact) mass is 327 g/mol. The normalized spacial score (nSPS) is 10.8. The van der Waals surface area contributed by atoms with Gasteiger partial charge in [-0.15, -0.1) is 0 Å². The first kappa shape index (κ1) is 16.3. The Labute approximate surface area is 122 Å². The molecule has 0 unspecified atom stereocenters. The standard InChI is InChI=1S/C10H9ClF3N3O2S/c11-8-5(10(12,13)14)2-1-3-6(8)19-4-7(18)16-17-9(15)20/h1-3H,4H2,(H,16,18)(H3,15,17,20). The van der Waals surface area contributed by atoms with E-state index in [0.717, 1.165) is 12.1 Å². The fourth-order valence-corrected chi connectivity index (χ4v) is 1.49. The van der Waals surface area contributed by atoms with Crippen LogP contribution in [0.4, 0.5) is 13.2 Å². The molecule has 0 spiro atoms. The predicted molar refractivity (Wildman–Crippen MR) is 70.0 cm³/mol. The van der Waals surface area contributed by atoms with Crippen molar-refractivity contribution in [3.8, 4) is 5.75 Å². The minimum Gasteiger partial charge on any atom is -0.482 e. The smallest absolute Gasteiger partial charge is 0.417 e. The first-order chi connectivity index (χ1) is 9.21. The molecule has 0 fully saturated rings. The number of rotatable bonds is 3. The summed E-state index contributed by atoms with van der Waals surface area (Å²) >= 11 is 10.0. The van der Waals surface area contributed by atoms with Gasteiger partial charge in [0.05, 0.1) is 10.6 Å². The van der Waals surface area contributed by atoms with Crippen LogP contribution in [0.2, 0.25) is 5.02 Å². The number of hydrogen-bond acceptors (Lipinski definition) is 3. The first-order valence-electron chi connectivity index (χ1n) is 5.04. The Hall–Kier alpha value is -1.74. The van der Waals surface area contributed by atoms with Crippen molar-refractivity contribution < 1.29 is 22.7 Å². The Bertz CT molecular complexity index is 525. The maximum atomic E-state index is 12.6. The average Bonchev–Trinajstić information content (AvgIpc) is 2.33. The fraction of sp³-hybridized carbons (Fsp3) is 0.200. The Kier molecular flexibility index (Phi) is 5.40. The molecular weight excluding hydrogens is 319 g/mol. The largest absolute Gasteiger partial charge is 0.482 e. The summed E-state index contributed by atoms with van der Waals surface area (Å²) in [6.07, 6.45) is -4.61. The second-order valence-corrected chi connectivity index (χ2v) is 4.26. The third kappa shape index (κ3) is 4.74. The lowest BCUT2D eigenvalue weighted by atomic mass is 10.2. The summed E-state index contributed by atoms with van der Waals surface area (Å²) in [5, 5.41) is -0.787. The van der Waals surface area contributed by atoms with Crippen LogP contribution < -0.4 is 21.3 Å². The van der Waals surface area contributed by atoms with Gasteiger partial charge in [-0.05, 0) is 24.4 Å². The van der Waals surface area contributed by atoms with Gasteiger partial charge in [0.15, 0.2) is 11.7 Å². The molecule has 0 aromatic heterocycles. The van der Waals surface area contributed by atoms with Crippen molar-refractivity contribution >= 4 is 34.8 Å². The molecule has 0 aliphatic rings. The van der Waals surface area contributed by atoms with Gasteiger partial charge in [0.2, 0.25) is 0 Å². The number of alkyl halides is 3. The zero-order valence-corrected chi connectivity index (χ0v) is 11.3. The highest BCUT2D eigenvalue weighted by Gasteiger charge is 2.34. The molecule has 20 heavy (non-hydrogen) atoms. The molecule has 5 nitrogen and oxygen atoms in total. The highest BCUT2D eigenvalue weighted by atomic mass is 35.5. The number of halogens is 4. The summed E-state index contributed by atoms with van der Waals surface area (Å²) < 4.78 is 42.6. The third-order valence-corrected chi connectivity index (χ3v) is 2.44. The van der Waals surface area contributed by atoms with Gasteiger partial charge >= 0.3 is 6.18 Å². The van der Waals surface area contributed by atoms with Gasteiger partial charge in [-0.3, -0.25) is 15.6 Å². The van der Waals surface area contributed by atoms with Crippen molar-refractivity contribution in [2.75, 3.05) is 6.61 Å². The number of hydrogen-bond donors (Lipinski definition) is 3. The van der Waals surface area contributed by atoms with Crippen molar-refractivity contribution in [2.24, 2.45) is 5.73 Å². The summed E-state index contributed by atoms with van der Waals surface area (Å²) in [6, 6.07) is 3.14. The molecule has 0 heterocycles. The highest BCUT2D eigenvalue weighted by Crippen LogP contribution is 2.39. The van der Waals surface area contributed by atoms with E-state index in [1.165, 1.54) is 6.07 Å². The van der Waals surface area contributed by atoms with Gasteiger partial charge in [-0.2, -0.15) is 13.2 Å². The second-order valence-electron chi connectivity index (χ2n) is 3.44. The summed E-state index contributed by atoms with van der Waals surface area (Å²) in [4.78, 5) is 11.2. The quantitative estimate of drug-likeness (QED) is 0.581. The summed E-state index contributed by atoms with van der Waals surface area (Å²) in [6.45, 7) is -0.559. The van der Waals surface area contributed by atoms with Crippen LogP contribution in [0.25, 0.3) is 0 Å². The number of ether oxygens (including phenoxy) is 1. The number of nitrogens with two attached hydrogens (primary N) is 1. The van der Waals surface area contributed by atoms with E-state index in [1.54, 1.807) is 0 Å². The Morgan fingerprint density at radius 1 is 1.40 bits per heavy atom. The second kappa shape index (κ2) is 6.62. The van der Waals surface area contributed by atoms with Crippen LogP contribution in [0, 0.1) is 0 Å². The number of nitrogens with one attached hydrogen (secondary N) is 2. The topological polar surface area (TPSA) is 76.4 Å². The van der Waals surface area contributed by atoms with Gasteiger partial charge in [0.25, 0.3) is 5.91 Å². The van der Waals surface area contributed by atoms with Gasteiger partial charge in [-0.1, -0.05) is 17.7 Å². The van der Waals surface area contributed by atoms with E-state index in [9.17, 15) is 18.0 Å². The fourth-order valence-electron chi connectivity index (χ4n) is 1.15. The van der Waals surface area contributed by atoms with E-state index < -0.39 is 29.3 Å². The van der Waals surface area contributed by atoms with Crippen LogP contribution in [-0.2, 0) is 11.0 Å². The van der Waals surface area contributed by atoms with Gasteiger partial charge < -0.3 is 10.5 Å². The summed E-state index contributed by atoms with van der Waals surface area (Å²) in [5.74, 6) is -0.946. The highest BCUT2D eigenvalue weighted by molar-refractivity contribution is 7.80. The van der Waals surface area contributed by atoms with Crippen LogP contribution in [0.5, 0.6) is 5.75 Å². The minimum atomic E-state index is -4.61. The molecule has 10 heteroatoms. The Morgan fingerprint density at radius 3 is 2.60 bits per heavy atom. The molecular formula is C10H9ClF3N3O2S. The number of carbonyl (C=O) groups is 1. The van der Waals surface area contributed by atoms with Gasteiger partial charge in [0, 0.05) is 0 Å². The van der Waals surface area contributed by atoms with Gasteiger partial charge in [-0.25, -0.2) is 0 Å². The molecule has 1 amide bonds. The summed E-state index contributed by atoms with van der Waals surface area (Å²) in [7, 11) is 0. The molecule has 1 rings (SSSR count). The molecule has 110 valence electrons. The number of hydrazine groups is 1. The number of amides is 1. The Morgan fingerprint density at radius 2 is 2.05 bits per heavy atom. The van der Waals surface area contributed by atoms with Gasteiger partial charge in [0.1, 0.15) is 5.75 Å². The molecule has 0 aliphatic carbocycles. The van der Waals surface area contributed by atoms with E-state index in [2.05, 4.69) is 23.1 Å². The Balaban J connectivity index is 2.70. The van der Waals surface area contributed by atoms with Crippen molar-refractivity contribution in [1.29, 1.82) is 0 Å². The molecule has 0 radical (unpaired) electrons. The zero-order chi connectivity index (χ0) is 15.3. The lowest BCUT2D eigenvalue weighted by molar-refractivity contribution is -0.137. The number of carbonyl (C=O) groups excluding carboxylic acids is 1. The van der Waals surface area contributed by atoms with Crippen molar-refractivity contribution in [3.63, 3.8) is 0 Å². The molecule has 0 saturated carbocycles. The maximum Gasteiger partial charge on any atom is 0.417 e. The molecule has 4 N–H and O–H groups in total. The minimum absolute atomic E-state index is 0.171. The molecule has 0 atom stereocenters. The molecule has 0 aliphatic heterocycles. The SMILES string of the molecule is NC(=S)NNC(=O)COc1cccc(C(F)(F)F)c1Cl.